The standard InChI is InChI=1S/C18H22FNO4S/c1-4-23-17-9-8-15(11-18(17)24-5-2)25(21,22)20-12-14-7-6-13(3)16(19)10-14/h6-11,20H,4-5,12H2,1-3H3. The van der Waals surface area contributed by atoms with E-state index in [0.717, 1.165) is 0 Å². The Bertz CT molecular complexity index is 837. The van der Waals surface area contributed by atoms with Crippen molar-refractivity contribution < 1.29 is 22.3 Å². The maximum atomic E-state index is 13.6. The summed E-state index contributed by atoms with van der Waals surface area (Å²) in [5.41, 5.74) is 1.06. The molecule has 136 valence electrons. The molecule has 0 spiro atoms. The topological polar surface area (TPSA) is 64.6 Å². The van der Waals surface area contributed by atoms with E-state index in [9.17, 15) is 12.8 Å². The van der Waals surface area contributed by atoms with E-state index < -0.39 is 10.0 Å². The van der Waals surface area contributed by atoms with E-state index in [1.165, 1.54) is 18.2 Å². The van der Waals surface area contributed by atoms with Gasteiger partial charge in [-0.15, -0.1) is 0 Å². The van der Waals surface area contributed by atoms with E-state index in [1.54, 1.807) is 32.0 Å². The van der Waals surface area contributed by atoms with Gasteiger partial charge in [-0.05, 0) is 50.1 Å². The summed E-state index contributed by atoms with van der Waals surface area (Å²) >= 11 is 0. The summed E-state index contributed by atoms with van der Waals surface area (Å²) in [6.07, 6.45) is 0. The monoisotopic (exact) mass is 367 g/mol. The molecule has 0 aromatic heterocycles. The third kappa shape index (κ3) is 4.93. The minimum Gasteiger partial charge on any atom is -0.490 e. The number of aryl methyl sites for hydroxylation is 1. The van der Waals surface area contributed by atoms with Crippen molar-refractivity contribution in [3.8, 4) is 11.5 Å². The van der Waals surface area contributed by atoms with E-state index >= 15 is 0 Å². The Balaban J connectivity index is 2.20. The van der Waals surface area contributed by atoms with Crippen LogP contribution < -0.4 is 14.2 Å². The number of rotatable bonds is 8. The molecular weight excluding hydrogens is 345 g/mol. The molecule has 0 bridgehead atoms. The van der Waals surface area contributed by atoms with Gasteiger partial charge in [0.25, 0.3) is 0 Å². The second-order valence-corrected chi connectivity index (χ2v) is 7.15. The quantitative estimate of drug-likeness (QED) is 0.777. The van der Waals surface area contributed by atoms with Gasteiger partial charge in [0.05, 0.1) is 18.1 Å². The first-order chi connectivity index (χ1) is 11.9. The van der Waals surface area contributed by atoms with Crippen molar-refractivity contribution >= 4 is 10.0 Å². The molecule has 2 aromatic rings. The minimum absolute atomic E-state index is 0.00326. The molecule has 0 fully saturated rings. The van der Waals surface area contributed by atoms with Gasteiger partial charge in [0.2, 0.25) is 10.0 Å². The number of sulfonamides is 1. The molecule has 0 aliphatic carbocycles. The highest BCUT2D eigenvalue weighted by atomic mass is 32.2. The van der Waals surface area contributed by atoms with Gasteiger partial charge in [0.1, 0.15) is 5.82 Å². The van der Waals surface area contributed by atoms with Crippen LogP contribution in [0, 0.1) is 12.7 Å². The number of hydrogen-bond acceptors (Lipinski definition) is 4. The Labute approximate surface area is 147 Å². The van der Waals surface area contributed by atoms with Gasteiger partial charge in [-0.3, -0.25) is 0 Å². The van der Waals surface area contributed by atoms with Crippen LogP contribution in [0.25, 0.3) is 0 Å². The molecule has 0 aliphatic heterocycles. The van der Waals surface area contributed by atoms with Crippen LogP contribution >= 0.6 is 0 Å². The molecule has 0 saturated heterocycles. The normalized spacial score (nSPS) is 11.4. The van der Waals surface area contributed by atoms with E-state index in [1.807, 2.05) is 6.92 Å². The van der Waals surface area contributed by atoms with Gasteiger partial charge in [0.15, 0.2) is 11.5 Å². The van der Waals surface area contributed by atoms with Gasteiger partial charge in [0, 0.05) is 12.6 Å². The van der Waals surface area contributed by atoms with Crippen LogP contribution in [0.1, 0.15) is 25.0 Å². The zero-order valence-corrected chi connectivity index (χ0v) is 15.3. The lowest BCUT2D eigenvalue weighted by atomic mass is 10.1. The molecule has 0 atom stereocenters. The second-order valence-electron chi connectivity index (χ2n) is 5.38. The van der Waals surface area contributed by atoms with Crippen LogP contribution in [0.15, 0.2) is 41.3 Å². The van der Waals surface area contributed by atoms with Crippen LogP contribution in [0.4, 0.5) is 4.39 Å². The van der Waals surface area contributed by atoms with Crippen molar-refractivity contribution in [2.45, 2.75) is 32.2 Å². The largest absolute Gasteiger partial charge is 0.490 e. The number of benzene rings is 2. The number of hydrogen-bond donors (Lipinski definition) is 1. The molecule has 5 nitrogen and oxygen atoms in total. The molecule has 0 amide bonds. The zero-order valence-electron chi connectivity index (χ0n) is 14.5. The highest BCUT2D eigenvalue weighted by Crippen LogP contribution is 2.30. The van der Waals surface area contributed by atoms with Crippen molar-refractivity contribution in [3.63, 3.8) is 0 Å². The van der Waals surface area contributed by atoms with E-state index in [-0.39, 0.29) is 17.3 Å². The van der Waals surface area contributed by atoms with Crippen LogP contribution in [0.3, 0.4) is 0 Å². The van der Waals surface area contributed by atoms with Gasteiger partial charge in [-0.25, -0.2) is 17.5 Å². The predicted octanol–water partition coefficient (Wildman–Crippen LogP) is 3.41. The highest BCUT2D eigenvalue weighted by Gasteiger charge is 2.17. The Morgan fingerprint density at radius 1 is 1.00 bits per heavy atom. The first-order valence-electron chi connectivity index (χ1n) is 8.01. The van der Waals surface area contributed by atoms with Crippen molar-refractivity contribution in [2.75, 3.05) is 13.2 Å². The van der Waals surface area contributed by atoms with Crippen LogP contribution in [-0.2, 0) is 16.6 Å². The average Bonchev–Trinajstić information content (AvgIpc) is 2.58. The first-order valence-corrected chi connectivity index (χ1v) is 9.50. The molecule has 0 saturated carbocycles. The maximum Gasteiger partial charge on any atom is 0.241 e. The van der Waals surface area contributed by atoms with Crippen molar-refractivity contribution in [1.82, 2.24) is 4.72 Å². The highest BCUT2D eigenvalue weighted by molar-refractivity contribution is 7.89. The first kappa shape index (κ1) is 19.2. The fourth-order valence-electron chi connectivity index (χ4n) is 2.21. The molecule has 0 aliphatic rings. The van der Waals surface area contributed by atoms with E-state index in [0.29, 0.717) is 35.8 Å². The molecular formula is C18H22FNO4S. The van der Waals surface area contributed by atoms with Crippen molar-refractivity contribution in [2.24, 2.45) is 0 Å². The van der Waals surface area contributed by atoms with Gasteiger partial charge in [-0.1, -0.05) is 12.1 Å². The van der Waals surface area contributed by atoms with Gasteiger partial charge in [-0.2, -0.15) is 0 Å². The van der Waals surface area contributed by atoms with Crippen molar-refractivity contribution in [3.05, 3.63) is 53.3 Å². The SMILES string of the molecule is CCOc1ccc(S(=O)(=O)NCc2ccc(C)c(F)c2)cc1OCC. The van der Waals surface area contributed by atoms with Gasteiger partial charge >= 0.3 is 0 Å². The Morgan fingerprint density at radius 2 is 1.68 bits per heavy atom. The van der Waals surface area contributed by atoms with Crippen LogP contribution in [0.5, 0.6) is 11.5 Å². The Hall–Kier alpha value is -2.12. The summed E-state index contributed by atoms with van der Waals surface area (Å²) in [4.78, 5) is 0.0620. The Kier molecular flexibility index (Phi) is 6.39. The summed E-state index contributed by atoms with van der Waals surface area (Å²) in [5, 5.41) is 0. The summed E-state index contributed by atoms with van der Waals surface area (Å²) in [6.45, 7) is 6.13. The number of ether oxygens (including phenoxy) is 2. The van der Waals surface area contributed by atoms with Crippen molar-refractivity contribution in [1.29, 1.82) is 0 Å². The molecule has 0 unspecified atom stereocenters. The summed E-state index contributed by atoms with van der Waals surface area (Å²) < 4.78 is 51.9. The third-order valence-electron chi connectivity index (χ3n) is 3.53. The lowest BCUT2D eigenvalue weighted by Crippen LogP contribution is -2.23. The fourth-order valence-corrected chi connectivity index (χ4v) is 3.24. The second kappa shape index (κ2) is 8.31. The number of halogens is 1. The molecule has 0 radical (unpaired) electrons. The van der Waals surface area contributed by atoms with Crippen LogP contribution in [0.2, 0.25) is 0 Å². The molecule has 0 heterocycles. The molecule has 7 heteroatoms. The molecule has 2 aromatic carbocycles. The zero-order chi connectivity index (χ0) is 18.4. The smallest absolute Gasteiger partial charge is 0.241 e. The van der Waals surface area contributed by atoms with E-state index in [2.05, 4.69) is 4.72 Å². The summed E-state index contributed by atoms with van der Waals surface area (Å²) in [5.74, 6) is 0.494. The fraction of sp³-hybridized carbons (Fsp3) is 0.333. The Morgan fingerprint density at radius 3 is 2.32 bits per heavy atom. The van der Waals surface area contributed by atoms with Gasteiger partial charge < -0.3 is 9.47 Å². The lowest BCUT2D eigenvalue weighted by Gasteiger charge is -2.13. The summed E-state index contributed by atoms with van der Waals surface area (Å²) in [7, 11) is -3.76. The average molecular weight is 367 g/mol. The maximum absolute atomic E-state index is 13.6. The lowest BCUT2D eigenvalue weighted by molar-refractivity contribution is 0.287. The third-order valence-corrected chi connectivity index (χ3v) is 4.93. The van der Waals surface area contributed by atoms with Crippen LogP contribution in [-0.4, -0.2) is 21.6 Å². The minimum atomic E-state index is -3.76. The molecule has 25 heavy (non-hydrogen) atoms. The molecule has 1 N–H and O–H groups in total. The van der Waals surface area contributed by atoms with E-state index in [4.69, 9.17) is 9.47 Å². The predicted molar refractivity (Wildman–Crippen MR) is 93.9 cm³/mol. The summed E-state index contributed by atoms with van der Waals surface area (Å²) in [6, 6.07) is 9.06. The molecule has 2 rings (SSSR count). The number of nitrogens with one attached hydrogen (secondary N) is 1.